The number of hydrogen-bond acceptors (Lipinski definition) is 20. The van der Waals surface area contributed by atoms with E-state index in [-0.39, 0.29) is 11.1 Å². The fourth-order valence-corrected chi connectivity index (χ4v) is 6.02. The first kappa shape index (κ1) is 37.9. The van der Waals surface area contributed by atoms with Crippen LogP contribution < -0.4 is 10.2 Å². The molecule has 0 saturated carbocycles. The molecule has 0 spiro atoms. The van der Waals surface area contributed by atoms with E-state index in [1.807, 2.05) is 0 Å². The van der Waals surface area contributed by atoms with Crippen molar-refractivity contribution in [2.75, 3.05) is 13.2 Å². The summed E-state index contributed by atoms with van der Waals surface area (Å²) < 4.78 is 39.5. The third kappa shape index (κ3) is 7.09. The minimum Gasteiger partial charge on any atom is -0.508 e. The Kier molecular flexibility index (Phi) is 10.8. The second kappa shape index (κ2) is 14.9. The number of ether oxygens (including phenoxy) is 6. The van der Waals surface area contributed by atoms with Crippen LogP contribution in [-0.4, -0.2) is 161 Å². The second-order valence-electron chi connectivity index (χ2n) is 12.6. The Hall–Kier alpha value is -3.87. The summed E-state index contributed by atoms with van der Waals surface area (Å²) >= 11 is 0. The summed E-state index contributed by atoms with van der Waals surface area (Å²) in [5, 5.41) is 124. The van der Waals surface area contributed by atoms with E-state index in [9.17, 15) is 66.1 Å². The molecule has 0 amide bonds. The molecule has 3 fully saturated rings. The van der Waals surface area contributed by atoms with E-state index in [0.29, 0.717) is 0 Å². The van der Waals surface area contributed by atoms with Gasteiger partial charge in [-0.05, 0) is 25.1 Å². The average molecular weight is 743 g/mol. The number of aliphatic hydroxyl groups is 8. The molecule has 0 bridgehead atoms. The molecule has 3 saturated heterocycles. The number of hydrogen-bond donors (Lipinski definition) is 12. The van der Waals surface area contributed by atoms with Gasteiger partial charge in [-0.15, -0.1) is 0 Å². The van der Waals surface area contributed by atoms with Crippen LogP contribution in [0.25, 0.3) is 22.3 Å². The van der Waals surface area contributed by atoms with Crippen LogP contribution in [0, 0.1) is 0 Å². The highest BCUT2D eigenvalue weighted by Crippen LogP contribution is 2.39. The lowest BCUT2D eigenvalue weighted by Gasteiger charge is -2.45. The van der Waals surface area contributed by atoms with Gasteiger partial charge in [-0.3, -0.25) is 4.79 Å². The van der Waals surface area contributed by atoms with E-state index in [4.69, 9.17) is 32.8 Å². The van der Waals surface area contributed by atoms with Crippen molar-refractivity contribution in [1.82, 2.24) is 0 Å². The second-order valence-corrected chi connectivity index (χ2v) is 12.6. The third-order valence-electron chi connectivity index (χ3n) is 9.01. The lowest BCUT2D eigenvalue weighted by atomic mass is 9.98. The van der Waals surface area contributed by atoms with Gasteiger partial charge in [0, 0.05) is 17.7 Å². The Morgan fingerprint density at radius 2 is 1.44 bits per heavy atom. The van der Waals surface area contributed by atoms with Gasteiger partial charge in [0.1, 0.15) is 83.5 Å². The first-order valence-electron chi connectivity index (χ1n) is 15.9. The van der Waals surface area contributed by atoms with Gasteiger partial charge in [-0.25, -0.2) is 0 Å². The van der Waals surface area contributed by atoms with Crippen LogP contribution in [0.4, 0.5) is 0 Å². The number of phenols is 4. The molecule has 6 rings (SSSR count). The molecule has 3 aliphatic heterocycles. The summed E-state index contributed by atoms with van der Waals surface area (Å²) in [5.41, 5.74) is -1.46. The van der Waals surface area contributed by atoms with Crippen molar-refractivity contribution in [3.63, 3.8) is 0 Å². The molecule has 0 unspecified atom stereocenters. The molecular formula is C32H38O20. The van der Waals surface area contributed by atoms with Crippen molar-refractivity contribution in [1.29, 1.82) is 0 Å². The maximum Gasteiger partial charge on any atom is 0.239 e. The van der Waals surface area contributed by atoms with Crippen LogP contribution in [-0.2, 0) is 23.7 Å². The van der Waals surface area contributed by atoms with Gasteiger partial charge in [0.05, 0.1) is 19.3 Å². The molecule has 20 nitrogen and oxygen atoms in total. The largest absolute Gasteiger partial charge is 0.508 e. The molecule has 0 radical (unpaired) electrons. The van der Waals surface area contributed by atoms with Crippen LogP contribution in [0.3, 0.4) is 0 Å². The smallest absolute Gasteiger partial charge is 0.239 e. The summed E-state index contributed by atoms with van der Waals surface area (Å²) in [6, 6.07) is 5.14. The van der Waals surface area contributed by atoms with Gasteiger partial charge in [-0.1, -0.05) is 0 Å². The Balaban J connectivity index is 1.27. The van der Waals surface area contributed by atoms with Crippen molar-refractivity contribution in [3.8, 4) is 40.1 Å². The van der Waals surface area contributed by atoms with Crippen LogP contribution in [0.15, 0.2) is 39.5 Å². The molecule has 286 valence electrons. The summed E-state index contributed by atoms with van der Waals surface area (Å²) in [5.74, 6) is -3.53. The molecule has 20 heteroatoms. The van der Waals surface area contributed by atoms with Crippen molar-refractivity contribution in [3.05, 3.63) is 40.6 Å². The van der Waals surface area contributed by atoms with Gasteiger partial charge in [0.2, 0.25) is 17.5 Å². The molecule has 3 aromatic rings. The molecule has 0 aliphatic carbocycles. The Morgan fingerprint density at radius 3 is 2.15 bits per heavy atom. The zero-order valence-electron chi connectivity index (χ0n) is 27.0. The lowest BCUT2D eigenvalue weighted by Crippen LogP contribution is -2.63. The average Bonchev–Trinajstić information content (AvgIpc) is 3.10. The minimum absolute atomic E-state index is 0.0673. The predicted molar refractivity (Wildman–Crippen MR) is 167 cm³/mol. The zero-order valence-corrected chi connectivity index (χ0v) is 27.0. The van der Waals surface area contributed by atoms with Crippen molar-refractivity contribution in [2.24, 2.45) is 0 Å². The highest BCUT2D eigenvalue weighted by molar-refractivity contribution is 5.88. The van der Waals surface area contributed by atoms with E-state index >= 15 is 0 Å². The number of phenolic OH excluding ortho intramolecular Hbond substituents is 4. The zero-order chi connectivity index (χ0) is 37.8. The number of rotatable bonds is 8. The van der Waals surface area contributed by atoms with Crippen molar-refractivity contribution < 1.29 is 94.1 Å². The standard InChI is InChI=1S/C32H38O20/c1-9-19(38)24(43)29(52-30-25(44)20(39)15(37)7-46-30)32(48-9)47-8-17-21(40)23(42)26(45)31(50-17)51-28-22(41)18-14(36)5-11(33)6-16(18)49-27(28)10-2-3-12(34)13(35)4-10/h2-6,9,15,17,19-21,23-26,29-40,42-45H,7-8H2,1H3/t9-,15+,17+,19-,20-,21+,23-,24+,25+,26+,29+,30-,31-,32+/m0/s1. The van der Waals surface area contributed by atoms with Gasteiger partial charge in [0.25, 0.3) is 0 Å². The number of fused-ring (bicyclic) bond motifs is 1. The number of benzene rings is 2. The SMILES string of the molecule is C[C@@H]1O[C@@H](OC[C@H]2O[C@@H](Oc3c(-c4ccc(O)c(O)c4)oc4cc(O)cc(O)c4c3=O)[C@H](O)[C@@H](O)[C@@H]2O)[C@H](O[C@@H]2OC[C@@H](O)[C@H](O)[C@H]2O)[C@H](O)[C@H]1O. The van der Waals surface area contributed by atoms with Gasteiger partial charge >= 0.3 is 0 Å². The van der Waals surface area contributed by atoms with Gasteiger partial charge < -0.3 is 94.1 Å². The Labute approximate surface area is 292 Å². The van der Waals surface area contributed by atoms with Gasteiger partial charge in [0.15, 0.2) is 29.8 Å². The Morgan fingerprint density at radius 1 is 0.731 bits per heavy atom. The fraction of sp³-hybridized carbons (Fsp3) is 0.531. The quantitative estimate of drug-likeness (QED) is 0.101. The molecule has 3 aliphatic rings. The van der Waals surface area contributed by atoms with Crippen LogP contribution in [0.5, 0.6) is 28.7 Å². The molecular weight excluding hydrogens is 704 g/mol. The Bertz CT molecular complexity index is 1800. The van der Waals surface area contributed by atoms with E-state index in [2.05, 4.69) is 0 Å². The minimum atomic E-state index is -2.04. The third-order valence-corrected chi connectivity index (χ3v) is 9.01. The fourth-order valence-electron chi connectivity index (χ4n) is 6.02. The molecule has 4 heterocycles. The number of aliphatic hydroxyl groups excluding tert-OH is 8. The lowest BCUT2D eigenvalue weighted by molar-refractivity contribution is -0.359. The molecule has 52 heavy (non-hydrogen) atoms. The molecule has 14 atom stereocenters. The van der Waals surface area contributed by atoms with Crippen molar-refractivity contribution >= 4 is 11.0 Å². The summed E-state index contributed by atoms with van der Waals surface area (Å²) in [7, 11) is 0. The predicted octanol–water partition coefficient (Wildman–Crippen LogP) is -3.22. The van der Waals surface area contributed by atoms with Gasteiger partial charge in [-0.2, -0.15) is 0 Å². The summed E-state index contributed by atoms with van der Waals surface area (Å²) in [6.07, 6.45) is -23.5. The van der Waals surface area contributed by atoms with E-state index < -0.39 is 145 Å². The molecule has 2 aromatic carbocycles. The van der Waals surface area contributed by atoms with E-state index in [0.717, 1.165) is 24.3 Å². The number of aromatic hydroxyl groups is 4. The monoisotopic (exact) mass is 742 g/mol. The first-order valence-corrected chi connectivity index (χ1v) is 15.9. The van der Waals surface area contributed by atoms with E-state index in [1.54, 1.807) is 0 Å². The maximum absolute atomic E-state index is 13.8. The summed E-state index contributed by atoms with van der Waals surface area (Å²) in [6.45, 7) is 0.238. The highest BCUT2D eigenvalue weighted by Gasteiger charge is 2.50. The maximum atomic E-state index is 13.8. The molecule has 12 N–H and O–H groups in total. The topological polar surface area (TPSA) is 328 Å². The summed E-state index contributed by atoms with van der Waals surface area (Å²) in [4.78, 5) is 13.8. The molecule has 1 aromatic heterocycles. The van der Waals surface area contributed by atoms with Crippen LogP contribution in [0.1, 0.15) is 6.92 Å². The van der Waals surface area contributed by atoms with Crippen LogP contribution in [0.2, 0.25) is 0 Å². The highest BCUT2D eigenvalue weighted by atomic mass is 16.8. The van der Waals surface area contributed by atoms with Crippen molar-refractivity contribution in [2.45, 2.75) is 92.9 Å². The van der Waals surface area contributed by atoms with E-state index in [1.165, 1.54) is 13.0 Å². The first-order chi connectivity index (χ1) is 24.6. The van der Waals surface area contributed by atoms with Crippen LogP contribution >= 0.6 is 0 Å². The normalized spacial score (nSPS) is 36.9.